The van der Waals surface area contributed by atoms with Crippen molar-refractivity contribution in [3.8, 4) is 5.75 Å². The van der Waals surface area contributed by atoms with Crippen LogP contribution in [0.2, 0.25) is 0 Å². The first-order valence-corrected chi connectivity index (χ1v) is 15.7. The van der Waals surface area contributed by atoms with Gasteiger partial charge in [-0.15, -0.1) is 0 Å². The van der Waals surface area contributed by atoms with Crippen LogP contribution >= 0.6 is 11.3 Å². The molecule has 214 valence electrons. The summed E-state index contributed by atoms with van der Waals surface area (Å²) in [6, 6.07) is 8.77. The van der Waals surface area contributed by atoms with Gasteiger partial charge in [-0.3, -0.25) is 4.79 Å². The van der Waals surface area contributed by atoms with Crippen LogP contribution in [0.5, 0.6) is 5.75 Å². The molecule has 2 aromatic heterocycles. The average molecular weight is 563 g/mol. The minimum absolute atomic E-state index is 0.225. The Balaban J connectivity index is 1.37. The number of benzene rings is 1. The molecule has 40 heavy (non-hydrogen) atoms. The van der Waals surface area contributed by atoms with Gasteiger partial charge in [-0.2, -0.15) is 11.3 Å². The predicted octanol–water partition coefficient (Wildman–Crippen LogP) is 7.44. The Labute approximate surface area is 241 Å². The third-order valence-corrected chi connectivity index (χ3v) is 9.63. The van der Waals surface area contributed by atoms with E-state index in [2.05, 4.69) is 32.2 Å². The minimum Gasteiger partial charge on any atom is -0.490 e. The van der Waals surface area contributed by atoms with Crippen LogP contribution in [0.4, 0.5) is 0 Å². The summed E-state index contributed by atoms with van der Waals surface area (Å²) in [5, 5.41) is 18.2. The lowest BCUT2D eigenvalue weighted by atomic mass is 9.72. The van der Waals surface area contributed by atoms with Crippen molar-refractivity contribution in [2.75, 3.05) is 0 Å². The van der Waals surface area contributed by atoms with E-state index in [1.165, 1.54) is 49.9 Å². The molecule has 0 unspecified atom stereocenters. The lowest BCUT2D eigenvalue weighted by Crippen LogP contribution is -2.42. The lowest BCUT2D eigenvalue weighted by Gasteiger charge is -2.37. The lowest BCUT2D eigenvalue weighted by molar-refractivity contribution is -0.139. The van der Waals surface area contributed by atoms with E-state index in [0.717, 1.165) is 53.0 Å². The van der Waals surface area contributed by atoms with E-state index in [-0.39, 0.29) is 18.2 Å². The fourth-order valence-corrected chi connectivity index (χ4v) is 7.13. The normalized spacial score (nSPS) is 20.9. The van der Waals surface area contributed by atoms with Gasteiger partial charge in [0.2, 0.25) is 0 Å². The zero-order valence-corrected chi connectivity index (χ0v) is 24.8. The van der Waals surface area contributed by atoms with Gasteiger partial charge in [0, 0.05) is 17.5 Å². The molecular formula is C33H42N2O4S. The Hall–Kier alpha value is -2.93. The van der Waals surface area contributed by atoms with Crippen LogP contribution in [0.15, 0.2) is 41.1 Å². The largest absolute Gasteiger partial charge is 0.490 e. The second-order valence-corrected chi connectivity index (χ2v) is 13.6. The van der Waals surface area contributed by atoms with Crippen molar-refractivity contribution in [2.24, 2.45) is 17.3 Å². The fourth-order valence-electron chi connectivity index (χ4n) is 6.45. The summed E-state index contributed by atoms with van der Waals surface area (Å²) < 4.78 is 6.48. The number of rotatable bonds is 9. The van der Waals surface area contributed by atoms with Crippen molar-refractivity contribution in [2.45, 2.75) is 97.1 Å². The van der Waals surface area contributed by atoms with Gasteiger partial charge in [0.1, 0.15) is 17.5 Å². The topological polar surface area (TPSA) is 88.5 Å². The van der Waals surface area contributed by atoms with Gasteiger partial charge in [-0.05, 0) is 95.3 Å². The molecule has 2 fully saturated rings. The number of aliphatic carboxylic acids is 1. The van der Waals surface area contributed by atoms with Crippen LogP contribution in [0, 0.1) is 17.3 Å². The number of hydrogen-bond donors (Lipinski definition) is 2. The minimum atomic E-state index is -1.05. The molecule has 1 atom stereocenters. The van der Waals surface area contributed by atoms with E-state index in [1.807, 2.05) is 29.0 Å². The number of aromatic nitrogens is 1. The molecule has 2 aliphatic carbocycles. The van der Waals surface area contributed by atoms with Crippen LogP contribution < -0.4 is 10.1 Å². The third-order valence-electron chi connectivity index (χ3n) is 8.90. The number of pyridine rings is 1. The molecule has 2 aliphatic rings. The molecule has 5 rings (SSSR count). The molecule has 2 saturated carbocycles. The monoisotopic (exact) mass is 562 g/mol. The van der Waals surface area contributed by atoms with E-state index in [9.17, 15) is 14.7 Å². The van der Waals surface area contributed by atoms with Gasteiger partial charge in [0.25, 0.3) is 5.91 Å². The molecule has 6 nitrogen and oxygen atoms in total. The van der Waals surface area contributed by atoms with Crippen LogP contribution in [0.3, 0.4) is 0 Å². The van der Waals surface area contributed by atoms with Gasteiger partial charge in [0.05, 0.1) is 6.10 Å². The van der Waals surface area contributed by atoms with Gasteiger partial charge >= 0.3 is 5.97 Å². The van der Waals surface area contributed by atoms with Crippen molar-refractivity contribution in [1.29, 1.82) is 0 Å². The number of carbonyl (C=O) groups is 2. The number of carboxylic acids is 1. The van der Waals surface area contributed by atoms with Crippen molar-refractivity contribution in [3.05, 3.63) is 58.0 Å². The van der Waals surface area contributed by atoms with E-state index in [1.54, 1.807) is 6.07 Å². The van der Waals surface area contributed by atoms with Crippen LogP contribution in [-0.2, 0) is 17.6 Å². The second-order valence-electron chi connectivity index (χ2n) is 12.8. The SMILES string of the molecule is CC(C)(C)C1CCC(Oc2ccc3cc(C(=O)N[C@H](Cc4ccsc4)C(=O)O)nc(CC4CCCC4)c3c2)CC1. The molecular weight excluding hydrogens is 520 g/mol. The fraction of sp³-hybridized carbons (Fsp3) is 0.545. The van der Waals surface area contributed by atoms with Crippen LogP contribution in [0.25, 0.3) is 10.8 Å². The molecule has 3 aromatic rings. The summed E-state index contributed by atoms with van der Waals surface area (Å²) in [6.07, 6.45) is 10.6. The summed E-state index contributed by atoms with van der Waals surface area (Å²) in [6.45, 7) is 7.00. The summed E-state index contributed by atoms with van der Waals surface area (Å²) in [5.41, 5.74) is 2.41. The van der Waals surface area contributed by atoms with Crippen molar-refractivity contribution in [1.82, 2.24) is 10.3 Å². The molecule has 0 bridgehead atoms. The molecule has 2 N–H and O–H groups in total. The standard InChI is InChI=1S/C33H42N2O4S/c1-33(2,3)24-9-12-25(13-10-24)39-26-11-8-23-18-29(34-28(27(23)19-26)16-21-6-4-5-7-21)31(36)35-30(32(37)38)17-22-14-15-40-20-22/h8,11,14-15,18-21,24-25,30H,4-7,9-10,12-13,16-17H2,1-3H3,(H,35,36)(H,37,38)/t24?,25?,30-/m1/s1. The first-order valence-electron chi connectivity index (χ1n) is 14.8. The summed E-state index contributed by atoms with van der Waals surface area (Å²) >= 11 is 1.51. The molecule has 7 heteroatoms. The van der Waals surface area contributed by atoms with Gasteiger partial charge in [-0.1, -0.05) is 52.5 Å². The number of nitrogens with zero attached hydrogens (tertiary/aromatic N) is 1. The third kappa shape index (κ3) is 7.03. The maximum atomic E-state index is 13.3. The second kappa shape index (κ2) is 12.3. The number of carboxylic acid groups (broad SMARTS) is 1. The van der Waals surface area contributed by atoms with E-state index >= 15 is 0 Å². The molecule has 0 aliphatic heterocycles. The highest BCUT2D eigenvalue weighted by Gasteiger charge is 2.30. The number of carbonyl (C=O) groups excluding carboxylic acids is 1. The Kier molecular flexibility index (Phi) is 8.79. The summed E-state index contributed by atoms with van der Waals surface area (Å²) in [5.74, 6) is 0.649. The van der Waals surface area contributed by atoms with Crippen molar-refractivity contribution in [3.63, 3.8) is 0 Å². The number of thiophene rings is 1. The Bertz CT molecular complexity index is 1320. The quantitative estimate of drug-likeness (QED) is 0.283. The van der Waals surface area contributed by atoms with Gasteiger partial charge in [0.15, 0.2) is 0 Å². The highest BCUT2D eigenvalue weighted by Crippen LogP contribution is 2.39. The van der Waals surface area contributed by atoms with Crippen molar-refractivity contribution >= 4 is 34.0 Å². The average Bonchev–Trinajstić information content (AvgIpc) is 3.63. The molecule has 2 heterocycles. The molecule has 1 amide bonds. The van der Waals surface area contributed by atoms with Crippen LogP contribution in [-0.4, -0.2) is 34.1 Å². The van der Waals surface area contributed by atoms with Gasteiger partial charge in [-0.25, -0.2) is 9.78 Å². The first kappa shape index (κ1) is 28.6. The van der Waals surface area contributed by atoms with Crippen LogP contribution in [0.1, 0.15) is 93.9 Å². The number of amides is 1. The molecule has 0 saturated heterocycles. The zero-order chi connectivity index (χ0) is 28.3. The van der Waals surface area contributed by atoms with E-state index in [4.69, 9.17) is 9.72 Å². The summed E-state index contributed by atoms with van der Waals surface area (Å²) in [7, 11) is 0. The highest BCUT2D eigenvalue weighted by atomic mass is 32.1. The molecule has 0 spiro atoms. The molecule has 0 radical (unpaired) electrons. The smallest absolute Gasteiger partial charge is 0.326 e. The van der Waals surface area contributed by atoms with Crippen molar-refractivity contribution < 1.29 is 19.4 Å². The van der Waals surface area contributed by atoms with E-state index in [0.29, 0.717) is 11.3 Å². The maximum absolute atomic E-state index is 13.3. The number of nitrogens with one attached hydrogen (secondary N) is 1. The first-order chi connectivity index (χ1) is 19.2. The predicted molar refractivity (Wildman–Crippen MR) is 160 cm³/mol. The highest BCUT2D eigenvalue weighted by molar-refractivity contribution is 7.07. The number of ether oxygens (including phenoxy) is 1. The van der Waals surface area contributed by atoms with E-state index < -0.39 is 17.9 Å². The molecule has 1 aromatic carbocycles. The maximum Gasteiger partial charge on any atom is 0.326 e. The Morgan fingerprint density at radius 3 is 2.48 bits per heavy atom. The summed E-state index contributed by atoms with van der Waals surface area (Å²) in [4.78, 5) is 30.1. The zero-order valence-electron chi connectivity index (χ0n) is 23.9. The number of fused-ring (bicyclic) bond motifs is 1. The Morgan fingerprint density at radius 1 is 1.07 bits per heavy atom. The van der Waals surface area contributed by atoms with Gasteiger partial charge < -0.3 is 15.2 Å². The number of hydrogen-bond acceptors (Lipinski definition) is 5. The Morgan fingerprint density at radius 2 is 1.82 bits per heavy atom.